The number of methoxy groups -OCH3 is 1. The Bertz CT molecular complexity index is 550. The van der Waals surface area contributed by atoms with Gasteiger partial charge in [-0.15, -0.1) is 0 Å². The van der Waals surface area contributed by atoms with Gasteiger partial charge < -0.3 is 10.5 Å². The van der Waals surface area contributed by atoms with Gasteiger partial charge in [0.15, 0.2) is 0 Å². The van der Waals surface area contributed by atoms with Crippen LogP contribution in [0.15, 0.2) is 23.1 Å². The number of nitrogen functional groups attached to an aromatic ring is 1. The molecule has 1 aliphatic rings. The summed E-state index contributed by atoms with van der Waals surface area (Å²) in [5.74, 6) is 0.401. The van der Waals surface area contributed by atoms with Crippen molar-refractivity contribution in [1.82, 2.24) is 4.31 Å². The first kappa shape index (κ1) is 15.1. The zero-order chi connectivity index (χ0) is 14.6. The van der Waals surface area contributed by atoms with Crippen molar-refractivity contribution >= 4 is 15.7 Å². The van der Waals surface area contributed by atoms with E-state index in [9.17, 15) is 8.42 Å². The number of hydrogen-bond donors (Lipinski definition) is 1. The van der Waals surface area contributed by atoms with Crippen LogP contribution in [0, 0.1) is 0 Å². The van der Waals surface area contributed by atoms with Gasteiger partial charge in [-0.3, -0.25) is 0 Å². The predicted molar refractivity (Wildman–Crippen MR) is 79.3 cm³/mol. The summed E-state index contributed by atoms with van der Waals surface area (Å²) in [5.41, 5.74) is 6.18. The van der Waals surface area contributed by atoms with Gasteiger partial charge in [-0.2, -0.15) is 4.31 Å². The minimum atomic E-state index is -3.45. The monoisotopic (exact) mass is 298 g/mol. The van der Waals surface area contributed by atoms with E-state index in [2.05, 4.69) is 0 Å². The van der Waals surface area contributed by atoms with E-state index in [4.69, 9.17) is 10.5 Å². The molecule has 2 rings (SSSR count). The van der Waals surface area contributed by atoms with E-state index in [-0.39, 0.29) is 4.90 Å². The Morgan fingerprint density at radius 1 is 1.10 bits per heavy atom. The summed E-state index contributed by atoms with van der Waals surface area (Å²) in [6.07, 6.45) is 5.23. The van der Waals surface area contributed by atoms with Gasteiger partial charge in [0.1, 0.15) is 5.75 Å². The van der Waals surface area contributed by atoms with E-state index in [0.29, 0.717) is 24.5 Å². The normalized spacial score (nSPS) is 18.2. The van der Waals surface area contributed by atoms with Gasteiger partial charge in [0.05, 0.1) is 17.7 Å². The number of hydrogen-bond acceptors (Lipinski definition) is 4. The van der Waals surface area contributed by atoms with Crippen LogP contribution in [-0.2, 0) is 10.0 Å². The molecule has 0 saturated carbocycles. The van der Waals surface area contributed by atoms with E-state index in [1.807, 2.05) is 0 Å². The van der Waals surface area contributed by atoms with Crippen LogP contribution in [-0.4, -0.2) is 32.9 Å². The molecule has 2 N–H and O–H groups in total. The number of sulfonamides is 1. The molecule has 0 aromatic heterocycles. The number of benzene rings is 1. The van der Waals surface area contributed by atoms with Crippen molar-refractivity contribution in [3.8, 4) is 5.75 Å². The topological polar surface area (TPSA) is 72.6 Å². The van der Waals surface area contributed by atoms with Gasteiger partial charge >= 0.3 is 0 Å². The Labute approximate surface area is 120 Å². The fourth-order valence-electron chi connectivity index (χ4n) is 2.46. The summed E-state index contributed by atoms with van der Waals surface area (Å²) in [6, 6.07) is 4.63. The Balaban J connectivity index is 2.28. The lowest BCUT2D eigenvalue weighted by Gasteiger charge is -2.24. The van der Waals surface area contributed by atoms with Crippen LogP contribution >= 0.6 is 0 Å². The number of rotatable bonds is 3. The van der Waals surface area contributed by atoms with Gasteiger partial charge in [-0.05, 0) is 25.0 Å². The highest BCUT2D eigenvalue weighted by molar-refractivity contribution is 7.89. The van der Waals surface area contributed by atoms with Gasteiger partial charge in [0, 0.05) is 19.2 Å². The third-order valence-electron chi connectivity index (χ3n) is 3.66. The van der Waals surface area contributed by atoms with Gasteiger partial charge in [-0.25, -0.2) is 8.42 Å². The van der Waals surface area contributed by atoms with Crippen LogP contribution in [0.5, 0.6) is 5.75 Å². The average Bonchev–Trinajstić information content (AvgIpc) is 2.38. The molecule has 1 fully saturated rings. The second-order valence-electron chi connectivity index (χ2n) is 5.08. The standard InChI is InChI=1S/C14H22N2O3S/c1-19-14-11-12(7-8-13(14)15)20(17,18)16-9-5-3-2-4-6-10-16/h7-8,11H,2-6,9-10,15H2,1H3. The lowest BCUT2D eigenvalue weighted by molar-refractivity contribution is 0.363. The van der Waals surface area contributed by atoms with Crippen molar-refractivity contribution in [3.05, 3.63) is 18.2 Å². The Morgan fingerprint density at radius 2 is 1.70 bits per heavy atom. The molecule has 5 nitrogen and oxygen atoms in total. The molecule has 0 spiro atoms. The molecule has 20 heavy (non-hydrogen) atoms. The van der Waals surface area contributed by atoms with Gasteiger partial charge in [-0.1, -0.05) is 19.3 Å². The molecule has 1 aromatic carbocycles. The first-order chi connectivity index (χ1) is 9.55. The minimum Gasteiger partial charge on any atom is -0.495 e. The molecule has 1 heterocycles. The average molecular weight is 298 g/mol. The number of anilines is 1. The second kappa shape index (κ2) is 6.45. The van der Waals surface area contributed by atoms with Crippen molar-refractivity contribution in [2.45, 2.75) is 37.0 Å². The summed E-state index contributed by atoms with van der Waals surface area (Å²) < 4.78 is 32.0. The molecule has 1 aromatic rings. The summed E-state index contributed by atoms with van der Waals surface area (Å²) >= 11 is 0. The fourth-order valence-corrected chi connectivity index (χ4v) is 3.99. The highest BCUT2D eigenvalue weighted by Crippen LogP contribution is 2.27. The maximum absolute atomic E-state index is 12.7. The van der Waals surface area contributed by atoms with Crippen LogP contribution in [0.4, 0.5) is 5.69 Å². The van der Waals surface area contributed by atoms with E-state index >= 15 is 0 Å². The molecule has 0 radical (unpaired) electrons. The minimum absolute atomic E-state index is 0.254. The summed E-state index contributed by atoms with van der Waals surface area (Å²) in [5, 5.41) is 0. The Morgan fingerprint density at radius 3 is 2.30 bits per heavy atom. The van der Waals surface area contributed by atoms with E-state index in [1.165, 1.54) is 19.6 Å². The molecule has 1 saturated heterocycles. The third kappa shape index (κ3) is 3.24. The van der Waals surface area contributed by atoms with E-state index < -0.39 is 10.0 Å². The summed E-state index contributed by atoms with van der Waals surface area (Å²) in [4.78, 5) is 0.254. The lowest BCUT2D eigenvalue weighted by atomic mass is 10.1. The molecule has 6 heteroatoms. The summed E-state index contributed by atoms with van der Waals surface area (Å²) in [7, 11) is -1.97. The molecule has 0 bridgehead atoms. The number of nitrogens with zero attached hydrogens (tertiary/aromatic N) is 1. The first-order valence-corrected chi connectivity index (χ1v) is 8.43. The number of ether oxygens (including phenoxy) is 1. The zero-order valence-corrected chi connectivity index (χ0v) is 12.7. The third-order valence-corrected chi connectivity index (χ3v) is 5.55. The molecule has 112 valence electrons. The number of nitrogens with two attached hydrogens (primary N) is 1. The molecular formula is C14H22N2O3S. The van der Waals surface area contributed by atoms with Crippen molar-refractivity contribution in [3.63, 3.8) is 0 Å². The zero-order valence-electron chi connectivity index (χ0n) is 11.8. The first-order valence-electron chi connectivity index (χ1n) is 6.99. The molecule has 1 aliphatic heterocycles. The van der Waals surface area contributed by atoms with Crippen LogP contribution < -0.4 is 10.5 Å². The maximum atomic E-state index is 12.7. The lowest BCUT2D eigenvalue weighted by Crippen LogP contribution is -2.33. The smallest absolute Gasteiger partial charge is 0.243 e. The van der Waals surface area contributed by atoms with Crippen LogP contribution in [0.25, 0.3) is 0 Å². The quantitative estimate of drug-likeness (QED) is 0.869. The highest BCUT2D eigenvalue weighted by atomic mass is 32.2. The largest absolute Gasteiger partial charge is 0.495 e. The van der Waals surface area contributed by atoms with Crippen molar-refractivity contribution in [2.75, 3.05) is 25.9 Å². The van der Waals surface area contributed by atoms with Crippen molar-refractivity contribution in [2.24, 2.45) is 0 Å². The highest BCUT2D eigenvalue weighted by Gasteiger charge is 2.25. The fraction of sp³-hybridized carbons (Fsp3) is 0.571. The van der Waals surface area contributed by atoms with Gasteiger partial charge in [0.25, 0.3) is 0 Å². The SMILES string of the molecule is COc1cc(S(=O)(=O)N2CCCCCCC2)ccc1N. The predicted octanol–water partition coefficient (Wildman–Crippen LogP) is 2.23. The Hall–Kier alpha value is -1.27. The van der Waals surface area contributed by atoms with Crippen molar-refractivity contribution < 1.29 is 13.2 Å². The van der Waals surface area contributed by atoms with Crippen LogP contribution in [0.1, 0.15) is 32.1 Å². The summed E-state index contributed by atoms with van der Waals surface area (Å²) in [6.45, 7) is 1.18. The molecule has 0 atom stereocenters. The molecule has 0 amide bonds. The van der Waals surface area contributed by atoms with E-state index in [1.54, 1.807) is 16.4 Å². The Kier molecular flexibility index (Phi) is 4.88. The van der Waals surface area contributed by atoms with Crippen LogP contribution in [0.3, 0.4) is 0 Å². The van der Waals surface area contributed by atoms with Crippen LogP contribution in [0.2, 0.25) is 0 Å². The molecular weight excluding hydrogens is 276 g/mol. The molecule has 0 aliphatic carbocycles. The van der Waals surface area contributed by atoms with E-state index in [0.717, 1.165) is 25.7 Å². The molecule has 0 unspecified atom stereocenters. The second-order valence-corrected chi connectivity index (χ2v) is 7.01. The van der Waals surface area contributed by atoms with Gasteiger partial charge in [0.2, 0.25) is 10.0 Å². The van der Waals surface area contributed by atoms with Crippen molar-refractivity contribution in [1.29, 1.82) is 0 Å². The maximum Gasteiger partial charge on any atom is 0.243 e.